The fraction of sp³-hybridized carbons (Fsp3) is 0.714. The number of aliphatic carboxylic acids is 1. The minimum absolute atomic E-state index is 0.0648. The van der Waals surface area contributed by atoms with Gasteiger partial charge in [-0.25, -0.2) is 4.79 Å². The molecule has 2 N–H and O–H groups in total. The van der Waals surface area contributed by atoms with Gasteiger partial charge in [-0.2, -0.15) is 0 Å². The molecule has 0 saturated carbocycles. The van der Waals surface area contributed by atoms with Crippen LogP contribution in [0.2, 0.25) is 0 Å². The van der Waals surface area contributed by atoms with E-state index in [1.54, 1.807) is 0 Å². The van der Waals surface area contributed by atoms with Crippen molar-refractivity contribution in [1.29, 1.82) is 0 Å². The lowest BCUT2D eigenvalue weighted by atomic mass is 10.0. The summed E-state index contributed by atoms with van der Waals surface area (Å²) in [5.41, 5.74) is 0. The number of carboxylic acids is 1. The summed E-state index contributed by atoms with van der Waals surface area (Å²) in [7, 11) is 0. The topological polar surface area (TPSA) is 49.3 Å². The van der Waals surface area contributed by atoms with Crippen molar-refractivity contribution < 1.29 is 9.90 Å². The number of thiocarbonyl (C=S) groups is 1. The quantitative estimate of drug-likeness (QED) is 0.661. The average molecular weight is 205 g/mol. The van der Waals surface area contributed by atoms with Crippen LogP contribution in [0.25, 0.3) is 0 Å². The first-order valence-corrected chi connectivity index (χ1v) is 5.01. The highest BCUT2D eigenvalue weighted by Gasteiger charge is 2.37. The first kappa shape index (κ1) is 9.80. The lowest BCUT2D eigenvalue weighted by molar-refractivity contribution is -0.139. The second kappa shape index (κ2) is 3.62. The van der Waals surface area contributed by atoms with Gasteiger partial charge in [0.2, 0.25) is 0 Å². The molecule has 1 aliphatic heterocycles. The smallest absolute Gasteiger partial charge is 0.327 e. The van der Waals surface area contributed by atoms with Crippen molar-refractivity contribution in [3.63, 3.8) is 0 Å². The van der Waals surface area contributed by atoms with Gasteiger partial charge in [0.25, 0.3) is 0 Å². The Morgan fingerprint density at radius 3 is 2.67 bits per heavy atom. The first-order valence-electron chi connectivity index (χ1n) is 3.72. The third-order valence-electron chi connectivity index (χ3n) is 1.77. The van der Waals surface area contributed by atoms with E-state index < -0.39 is 12.0 Å². The van der Waals surface area contributed by atoms with Crippen LogP contribution in [0.1, 0.15) is 13.8 Å². The van der Waals surface area contributed by atoms with Gasteiger partial charge in [-0.1, -0.05) is 37.8 Å². The summed E-state index contributed by atoms with van der Waals surface area (Å²) in [6.07, 6.45) is 0. The van der Waals surface area contributed by atoms with Crippen LogP contribution >= 0.6 is 24.0 Å². The maximum absolute atomic E-state index is 10.7. The zero-order valence-electron chi connectivity index (χ0n) is 6.90. The van der Waals surface area contributed by atoms with Crippen LogP contribution in [0.4, 0.5) is 0 Å². The van der Waals surface area contributed by atoms with Gasteiger partial charge < -0.3 is 10.4 Å². The molecule has 0 aliphatic carbocycles. The number of rotatable bonds is 2. The summed E-state index contributed by atoms with van der Waals surface area (Å²) in [5, 5.41) is 11.7. The number of hydrogen-bond acceptors (Lipinski definition) is 3. The minimum atomic E-state index is -0.818. The first-order chi connectivity index (χ1) is 5.52. The van der Waals surface area contributed by atoms with E-state index in [0.717, 1.165) is 0 Å². The highest BCUT2D eigenvalue weighted by molar-refractivity contribution is 8.23. The summed E-state index contributed by atoms with van der Waals surface area (Å²) in [6, 6.07) is -0.512. The molecule has 1 heterocycles. The van der Waals surface area contributed by atoms with E-state index in [-0.39, 0.29) is 5.25 Å². The van der Waals surface area contributed by atoms with E-state index >= 15 is 0 Å². The molecule has 68 valence electrons. The fourth-order valence-electron chi connectivity index (χ4n) is 1.16. The number of carboxylic acid groups (broad SMARTS) is 1. The number of hydrogen-bond donors (Lipinski definition) is 2. The largest absolute Gasteiger partial charge is 0.480 e. The second-order valence-electron chi connectivity index (χ2n) is 3.07. The highest BCUT2D eigenvalue weighted by atomic mass is 32.2. The molecule has 0 aromatic rings. The van der Waals surface area contributed by atoms with Gasteiger partial charge in [-0.15, -0.1) is 0 Å². The van der Waals surface area contributed by atoms with E-state index in [2.05, 4.69) is 5.32 Å². The van der Waals surface area contributed by atoms with Crippen molar-refractivity contribution in [3.05, 3.63) is 0 Å². The zero-order chi connectivity index (χ0) is 9.30. The van der Waals surface area contributed by atoms with Crippen LogP contribution in [0, 0.1) is 5.92 Å². The van der Waals surface area contributed by atoms with E-state index in [4.69, 9.17) is 17.3 Å². The van der Waals surface area contributed by atoms with Crippen LogP contribution in [-0.4, -0.2) is 26.7 Å². The molecule has 0 amide bonds. The normalized spacial score (nSPS) is 29.1. The summed E-state index contributed by atoms with van der Waals surface area (Å²) in [5.74, 6) is -0.495. The molecule has 2 unspecified atom stereocenters. The molecule has 0 radical (unpaired) electrons. The zero-order valence-corrected chi connectivity index (χ0v) is 8.54. The van der Waals surface area contributed by atoms with Gasteiger partial charge in [0.15, 0.2) is 0 Å². The van der Waals surface area contributed by atoms with Crippen molar-refractivity contribution in [2.45, 2.75) is 25.1 Å². The standard InChI is InChI=1S/C7H11NO2S2/c1-3(2)5-4(6(9)10)8-7(11)12-5/h3-5H,1-2H3,(H,8,11)(H,9,10). The lowest BCUT2D eigenvalue weighted by Crippen LogP contribution is -2.40. The maximum atomic E-state index is 10.7. The summed E-state index contributed by atoms with van der Waals surface area (Å²) < 4.78 is 0.598. The Labute approximate surface area is 80.9 Å². The molecule has 0 spiro atoms. The number of nitrogens with one attached hydrogen (secondary N) is 1. The molecule has 1 fully saturated rings. The van der Waals surface area contributed by atoms with Crippen molar-refractivity contribution in [1.82, 2.24) is 5.32 Å². The van der Waals surface area contributed by atoms with E-state index in [0.29, 0.717) is 10.2 Å². The summed E-state index contributed by atoms with van der Waals surface area (Å²) in [6.45, 7) is 4.01. The van der Waals surface area contributed by atoms with Crippen molar-refractivity contribution in [2.75, 3.05) is 0 Å². The molecule has 2 atom stereocenters. The molecule has 1 rings (SSSR count). The minimum Gasteiger partial charge on any atom is -0.480 e. The number of thioether (sulfide) groups is 1. The van der Waals surface area contributed by atoms with Gasteiger partial charge in [-0.3, -0.25) is 0 Å². The lowest BCUT2D eigenvalue weighted by Gasteiger charge is -2.16. The molecular weight excluding hydrogens is 194 g/mol. The molecule has 1 saturated heterocycles. The average Bonchev–Trinajstić information content (AvgIpc) is 2.31. The Morgan fingerprint density at radius 1 is 1.75 bits per heavy atom. The monoisotopic (exact) mass is 205 g/mol. The molecule has 3 nitrogen and oxygen atoms in total. The van der Waals surface area contributed by atoms with Crippen molar-refractivity contribution in [2.24, 2.45) is 5.92 Å². The van der Waals surface area contributed by atoms with Gasteiger partial charge in [-0.05, 0) is 5.92 Å². The molecule has 0 aromatic heterocycles. The van der Waals surface area contributed by atoms with Gasteiger partial charge >= 0.3 is 5.97 Å². The van der Waals surface area contributed by atoms with Gasteiger partial charge in [0, 0.05) is 5.25 Å². The van der Waals surface area contributed by atoms with Gasteiger partial charge in [0.05, 0.1) is 0 Å². The van der Waals surface area contributed by atoms with Crippen LogP contribution in [0.5, 0.6) is 0 Å². The Morgan fingerprint density at radius 2 is 2.33 bits per heavy atom. The summed E-state index contributed by atoms with van der Waals surface area (Å²) >= 11 is 6.35. The Hall–Kier alpha value is -0.290. The van der Waals surface area contributed by atoms with E-state index in [1.165, 1.54) is 11.8 Å². The van der Waals surface area contributed by atoms with Crippen molar-refractivity contribution >= 4 is 34.3 Å². The molecule has 0 bridgehead atoms. The molecule has 5 heteroatoms. The Bertz CT molecular complexity index is 217. The van der Waals surface area contributed by atoms with E-state index in [9.17, 15) is 4.79 Å². The van der Waals surface area contributed by atoms with Crippen LogP contribution in [0.15, 0.2) is 0 Å². The second-order valence-corrected chi connectivity index (χ2v) is 4.93. The highest BCUT2D eigenvalue weighted by Crippen LogP contribution is 2.29. The third kappa shape index (κ3) is 1.90. The molecule has 0 aromatic carbocycles. The molecule has 1 aliphatic rings. The fourth-order valence-corrected chi connectivity index (χ4v) is 2.65. The van der Waals surface area contributed by atoms with E-state index in [1.807, 2.05) is 13.8 Å². The number of carbonyl (C=O) groups is 1. The van der Waals surface area contributed by atoms with Crippen LogP contribution in [0.3, 0.4) is 0 Å². The van der Waals surface area contributed by atoms with Crippen LogP contribution in [-0.2, 0) is 4.79 Å². The predicted molar refractivity (Wildman–Crippen MR) is 53.4 cm³/mol. The maximum Gasteiger partial charge on any atom is 0.327 e. The van der Waals surface area contributed by atoms with Crippen LogP contribution < -0.4 is 5.32 Å². The van der Waals surface area contributed by atoms with Crippen molar-refractivity contribution in [3.8, 4) is 0 Å². The molecule has 12 heavy (non-hydrogen) atoms. The predicted octanol–water partition coefficient (Wildman–Crippen LogP) is 1.09. The van der Waals surface area contributed by atoms with Gasteiger partial charge in [0.1, 0.15) is 10.4 Å². The third-order valence-corrected chi connectivity index (χ3v) is 3.60. The Kier molecular flexibility index (Phi) is 2.95. The SMILES string of the molecule is CC(C)C1SC(=S)NC1C(=O)O. The Balaban J connectivity index is 2.72. The molecular formula is C7H11NO2S2. The summed E-state index contributed by atoms with van der Waals surface area (Å²) in [4.78, 5) is 10.7.